The lowest BCUT2D eigenvalue weighted by Crippen LogP contribution is -2.48. The first-order chi connectivity index (χ1) is 10.2. The first-order valence-electron chi connectivity index (χ1n) is 7.48. The van der Waals surface area contributed by atoms with Crippen LogP contribution >= 0.6 is 0 Å². The van der Waals surface area contributed by atoms with Gasteiger partial charge in [0.05, 0.1) is 19.8 Å². The fourth-order valence-electron chi connectivity index (χ4n) is 1.92. The van der Waals surface area contributed by atoms with Crippen LogP contribution in [0.5, 0.6) is 5.75 Å². The van der Waals surface area contributed by atoms with Gasteiger partial charge in [0.2, 0.25) is 0 Å². The van der Waals surface area contributed by atoms with E-state index >= 15 is 0 Å². The SMILES string of the molecule is COc1ccc(C(CO)N(C)C(=O)NC(C)C(C)(C)C)cc1. The maximum Gasteiger partial charge on any atom is 0.317 e. The maximum absolute atomic E-state index is 12.4. The largest absolute Gasteiger partial charge is 0.497 e. The third-order valence-electron chi connectivity index (χ3n) is 4.10. The summed E-state index contributed by atoms with van der Waals surface area (Å²) < 4.78 is 5.13. The van der Waals surface area contributed by atoms with Gasteiger partial charge in [0, 0.05) is 13.1 Å². The summed E-state index contributed by atoms with van der Waals surface area (Å²) in [5.74, 6) is 0.744. The maximum atomic E-state index is 12.4. The molecule has 0 aliphatic rings. The number of hydrogen-bond donors (Lipinski definition) is 2. The number of aliphatic hydroxyl groups is 1. The molecular weight excluding hydrogens is 280 g/mol. The van der Waals surface area contributed by atoms with Crippen molar-refractivity contribution in [3.63, 3.8) is 0 Å². The molecule has 0 spiro atoms. The van der Waals surface area contributed by atoms with Crippen molar-refractivity contribution in [2.45, 2.75) is 39.8 Å². The average molecular weight is 308 g/mol. The van der Waals surface area contributed by atoms with E-state index in [1.807, 2.05) is 31.2 Å². The van der Waals surface area contributed by atoms with Crippen LogP contribution in [0.1, 0.15) is 39.3 Å². The third-order valence-corrected chi connectivity index (χ3v) is 4.10. The van der Waals surface area contributed by atoms with Gasteiger partial charge in [-0.3, -0.25) is 0 Å². The van der Waals surface area contributed by atoms with Crippen LogP contribution in [-0.4, -0.2) is 42.8 Å². The highest BCUT2D eigenvalue weighted by atomic mass is 16.5. The first kappa shape index (κ1) is 18.3. The lowest BCUT2D eigenvalue weighted by molar-refractivity contribution is 0.142. The quantitative estimate of drug-likeness (QED) is 0.879. The zero-order valence-electron chi connectivity index (χ0n) is 14.4. The summed E-state index contributed by atoms with van der Waals surface area (Å²) in [5.41, 5.74) is 0.843. The molecule has 0 aliphatic heterocycles. The molecule has 2 unspecified atom stereocenters. The highest BCUT2D eigenvalue weighted by molar-refractivity contribution is 5.74. The number of methoxy groups -OCH3 is 1. The minimum absolute atomic E-state index is 0.0225. The molecule has 5 nitrogen and oxygen atoms in total. The van der Waals surface area contributed by atoms with Crippen LogP contribution in [0.2, 0.25) is 0 Å². The van der Waals surface area contributed by atoms with E-state index in [4.69, 9.17) is 4.74 Å². The predicted molar refractivity (Wildman–Crippen MR) is 88.0 cm³/mol. The topological polar surface area (TPSA) is 61.8 Å². The summed E-state index contributed by atoms with van der Waals surface area (Å²) in [7, 11) is 3.29. The van der Waals surface area contributed by atoms with E-state index in [0.29, 0.717) is 0 Å². The molecule has 0 bridgehead atoms. The summed E-state index contributed by atoms with van der Waals surface area (Å²) >= 11 is 0. The Morgan fingerprint density at radius 2 is 1.86 bits per heavy atom. The molecule has 2 amide bonds. The van der Waals surface area contributed by atoms with Crippen molar-refractivity contribution in [1.82, 2.24) is 10.2 Å². The van der Waals surface area contributed by atoms with Gasteiger partial charge in [0.15, 0.2) is 0 Å². The smallest absolute Gasteiger partial charge is 0.317 e. The predicted octanol–water partition coefficient (Wildman–Crippen LogP) is 2.80. The molecule has 2 atom stereocenters. The molecule has 124 valence electrons. The van der Waals surface area contributed by atoms with Gasteiger partial charge in [-0.25, -0.2) is 4.79 Å². The van der Waals surface area contributed by atoms with Crippen LogP contribution in [0, 0.1) is 5.41 Å². The molecule has 1 aromatic carbocycles. The monoisotopic (exact) mass is 308 g/mol. The van der Waals surface area contributed by atoms with Gasteiger partial charge in [-0.2, -0.15) is 0 Å². The summed E-state index contributed by atoms with van der Waals surface area (Å²) in [6, 6.07) is 6.80. The van der Waals surface area contributed by atoms with Crippen LogP contribution in [0.15, 0.2) is 24.3 Å². The number of urea groups is 1. The van der Waals surface area contributed by atoms with E-state index in [1.165, 1.54) is 4.90 Å². The lowest BCUT2D eigenvalue weighted by Gasteiger charge is -2.33. The van der Waals surface area contributed by atoms with Crippen molar-refractivity contribution in [2.75, 3.05) is 20.8 Å². The van der Waals surface area contributed by atoms with Gasteiger partial charge in [0.25, 0.3) is 0 Å². The lowest BCUT2D eigenvalue weighted by atomic mass is 9.88. The Hall–Kier alpha value is -1.75. The van der Waals surface area contributed by atoms with Crippen LogP contribution < -0.4 is 10.1 Å². The highest BCUT2D eigenvalue weighted by Crippen LogP contribution is 2.23. The van der Waals surface area contributed by atoms with Gasteiger partial charge in [0.1, 0.15) is 5.75 Å². The van der Waals surface area contributed by atoms with Crippen molar-refractivity contribution in [3.05, 3.63) is 29.8 Å². The second-order valence-electron chi connectivity index (χ2n) is 6.62. The van der Waals surface area contributed by atoms with Crippen LogP contribution in [0.3, 0.4) is 0 Å². The van der Waals surface area contributed by atoms with Crippen LogP contribution in [0.25, 0.3) is 0 Å². The number of aliphatic hydroxyl groups excluding tert-OH is 1. The molecular formula is C17H28N2O3. The van der Waals surface area contributed by atoms with Gasteiger partial charge in [-0.1, -0.05) is 32.9 Å². The van der Waals surface area contributed by atoms with Gasteiger partial charge < -0.3 is 20.1 Å². The number of rotatable bonds is 5. The summed E-state index contributed by atoms with van der Waals surface area (Å²) in [6.07, 6.45) is 0. The Kier molecular flexibility index (Phi) is 6.23. The Balaban J connectivity index is 2.82. The van der Waals surface area contributed by atoms with E-state index in [-0.39, 0.29) is 24.1 Å². The highest BCUT2D eigenvalue weighted by Gasteiger charge is 2.26. The fraction of sp³-hybridized carbons (Fsp3) is 0.588. The number of hydrogen-bond acceptors (Lipinski definition) is 3. The van der Waals surface area contributed by atoms with Gasteiger partial charge in [-0.15, -0.1) is 0 Å². The molecule has 0 fully saturated rings. The van der Waals surface area contributed by atoms with Crippen molar-refractivity contribution in [1.29, 1.82) is 0 Å². The van der Waals surface area contributed by atoms with E-state index in [9.17, 15) is 9.90 Å². The Morgan fingerprint density at radius 3 is 2.27 bits per heavy atom. The van der Waals surface area contributed by atoms with Crippen molar-refractivity contribution < 1.29 is 14.6 Å². The number of ether oxygens (including phenoxy) is 1. The van der Waals surface area contributed by atoms with Crippen molar-refractivity contribution in [3.8, 4) is 5.75 Å². The number of carbonyl (C=O) groups excluding carboxylic acids is 1. The molecule has 2 N–H and O–H groups in total. The van der Waals surface area contributed by atoms with Crippen molar-refractivity contribution >= 4 is 6.03 Å². The number of carbonyl (C=O) groups is 1. The third kappa shape index (κ3) is 4.63. The minimum atomic E-state index is -0.391. The Morgan fingerprint density at radius 1 is 1.32 bits per heavy atom. The molecule has 0 saturated carbocycles. The Labute approximate surface area is 133 Å². The van der Waals surface area contributed by atoms with E-state index < -0.39 is 6.04 Å². The van der Waals surface area contributed by atoms with Crippen LogP contribution in [-0.2, 0) is 0 Å². The number of likely N-dealkylation sites (N-methyl/N-ethyl adjacent to an activating group) is 1. The average Bonchev–Trinajstić information content (AvgIpc) is 2.47. The molecule has 1 aromatic rings. The Bertz CT molecular complexity index is 480. The summed E-state index contributed by atoms with van der Waals surface area (Å²) in [5, 5.41) is 12.6. The zero-order valence-corrected chi connectivity index (χ0v) is 14.4. The second-order valence-corrected chi connectivity index (χ2v) is 6.62. The summed E-state index contributed by atoms with van der Waals surface area (Å²) in [4.78, 5) is 13.9. The molecule has 0 heterocycles. The normalized spacial score (nSPS) is 14.1. The molecule has 22 heavy (non-hydrogen) atoms. The number of nitrogens with one attached hydrogen (secondary N) is 1. The van der Waals surface area contributed by atoms with Crippen LogP contribution in [0.4, 0.5) is 4.79 Å². The first-order valence-corrected chi connectivity index (χ1v) is 7.48. The van der Waals surface area contributed by atoms with E-state index in [1.54, 1.807) is 14.2 Å². The van der Waals surface area contributed by atoms with E-state index in [2.05, 4.69) is 26.1 Å². The number of nitrogens with zero attached hydrogens (tertiary/aromatic N) is 1. The fourth-order valence-corrected chi connectivity index (χ4v) is 1.92. The molecule has 1 rings (SSSR count). The zero-order chi connectivity index (χ0) is 16.9. The molecule has 0 saturated heterocycles. The summed E-state index contributed by atoms with van der Waals surface area (Å²) in [6.45, 7) is 8.06. The molecule has 5 heteroatoms. The van der Waals surface area contributed by atoms with Gasteiger partial charge in [-0.05, 0) is 30.0 Å². The molecule has 0 aliphatic carbocycles. The van der Waals surface area contributed by atoms with Gasteiger partial charge >= 0.3 is 6.03 Å². The standard InChI is InChI=1S/C17H28N2O3/c1-12(17(2,3)4)18-16(21)19(5)15(11-20)13-7-9-14(22-6)10-8-13/h7-10,12,15,20H,11H2,1-6H3,(H,18,21). The minimum Gasteiger partial charge on any atom is -0.497 e. The molecule has 0 aromatic heterocycles. The second kappa shape index (κ2) is 7.49. The number of benzene rings is 1. The van der Waals surface area contributed by atoms with Crippen molar-refractivity contribution in [2.24, 2.45) is 5.41 Å². The molecule has 0 radical (unpaired) electrons. The van der Waals surface area contributed by atoms with E-state index in [0.717, 1.165) is 11.3 Å². The number of amides is 2.